The highest BCUT2D eigenvalue weighted by Crippen LogP contribution is 2.33. The maximum atomic E-state index is 12.8. The molecule has 3 heterocycles. The molecular formula is C22H17F3N6O4. The monoisotopic (exact) mass is 486 g/mol. The lowest BCUT2D eigenvalue weighted by molar-refractivity contribution is -0.389. The van der Waals surface area contributed by atoms with E-state index in [9.17, 15) is 23.3 Å². The number of alkyl halides is 3. The van der Waals surface area contributed by atoms with Crippen LogP contribution in [0.25, 0.3) is 16.9 Å². The first-order chi connectivity index (χ1) is 16.6. The number of fused-ring (bicyclic) bond motifs is 1. The van der Waals surface area contributed by atoms with Gasteiger partial charge >= 0.3 is 18.0 Å². The maximum absolute atomic E-state index is 12.8. The molecule has 0 saturated heterocycles. The molecule has 0 unspecified atom stereocenters. The number of hydrogen-bond acceptors (Lipinski definition) is 7. The fourth-order valence-electron chi connectivity index (χ4n) is 3.70. The average Bonchev–Trinajstić information content (AvgIpc) is 3.52. The van der Waals surface area contributed by atoms with Crippen LogP contribution in [0, 0.1) is 10.1 Å². The van der Waals surface area contributed by atoms with E-state index in [0.717, 1.165) is 12.1 Å². The van der Waals surface area contributed by atoms with Gasteiger partial charge in [0.05, 0.1) is 18.3 Å². The van der Waals surface area contributed by atoms with Gasteiger partial charge in [0.15, 0.2) is 5.60 Å². The van der Waals surface area contributed by atoms with E-state index in [1.165, 1.54) is 23.0 Å². The summed E-state index contributed by atoms with van der Waals surface area (Å²) in [6, 6.07) is 11.9. The van der Waals surface area contributed by atoms with Gasteiger partial charge in [-0.15, -0.1) is 5.10 Å². The predicted octanol–water partition coefficient (Wildman–Crippen LogP) is 4.29. The normalized spacial score (nSPS) is 17.1. The summed E-state index contributed by atoms with van der Waals surface area (Å²) in [6.45, 7) is 2.22. The smallest absolute Gasteiger partial charge is 0.416 e. The second kappa shape index (κ2) is 8.11. The molecule has 0 aliphatic carbocycles. The zero-order valence-electron chi connectivity index (χ0n) is 18.1. The van der Waals surface area contributed by atoms with Crippen LogP contribution < -0.4 is 9.47 Å². The molecule has 1 atom stereocenters. The number of para-hydroxylation sites is 2. The minimum atomic E-state index is -4.42. The van der Waals surface area contributed by atoms with E-state index in [4.69, 9.17) is 9.47 Å². The topological polar surface area (TPSA) is 110 Å². The molecule has 0 amide bonds. The van der Waals surface area contributed by atoms with Crippen molar-refractivity contribution in [1.82, 2.24) is 24.5 Å². The first-order valence-corrected chi connectivity index (χ1v) is 10.3. The molecule has 0 bridgehead atoms. The molecule has 1 aliphatic rings. The van der Waals surface area contributed by atoms with Crippen LogP contribution in [0.5, 0.6) is 11.8 Å². The van der Waals surface area contributed by atoms with E-state index in [0.29, 0.717) is 29.2 Å². The maximum Gasteiger partial charge on any atom is 0.416 e. The second-order valence-electron chi connectivity index (χ2n) is 8.20. The largest absolute Gasteiger partial charge is 0.487 e. The fraction of sp³-hybridized carbons (Fsp3) is 0.227. The van der Waals surface area contributed by atoms with Crippen molar-refractivity contribution in [2.45, 2.75) is 25.2 Å². The molecule has 0 spiro atoms. The quantitative estimate of drug-likeness (QED) is 0.295. The molecule has 180 valence electrons. The minimum Gasteiger partial charge on any atom is -0.487 e. The molecule has 5 rings (SSSR count). The van der Waals surface area contributed by atoms with Gasteiger partial charge in [0, 0.05) is 10.5 Å². The van der Waals surface area contributed by atoms with Crippen LogP contribution >= 0.6 is 0 Å². The molecule has 0 saturated carbocycles. The molecule has 35 heavy (non-hydrogen) atoms. The fourth-order valence-corrected chi connectivity index (χ4v) is 3.70. The van der Waals surface area contributed by atoms with Crippen LogP contribution in [0.15, 0.2) is 60.9 Å². The zero-order chi connectivity index (χ0) is 24.8. The van der Waals surface area contributed by atoms with Gasteiger partial charge in [0.25, 0.3) is 0 Å². The summed E-state index contributed by atoms with van der Waals surface area (Å²) in [5.41, 5.74) is -0.109. The number of benzene rings is 2. The Balaban J connectivity index is 1.32. The van der Waals surface area contributed by atoms with Crippen molar-refractivity contribution in [2.75, 3.05) is 6.61 Å². The third-order valence-corrected chi connectivity index (χ3v) is 5.40. The summed E-state index contributed by atoms with van der Waals surface area (Å²) in [6.07, 6.45) is -1.51. The summed E-state index contributed by atoms with van der Waals surface area (Å²) in [5, 5.41) is 19.1. The van der Waals surface area contributed by atoms with Crippen molar-refractivity contribution < 1.29 is 27.6 Å². The standard InChI is InChI=1S/C22H17F3N6O4/c1-21(12-29-11-19(31(32)33)26-20(29)35-21)13-34-18-5-3-2-4-17(18)30-10-16(27-28-30)14-6-8-15(9-7-14)22(23,24)25/h2-11H,12-13H2,1H3/t21-/m1/s1. The minimum absolute atomic E-state index is 0.113. The third-order valence-electron chi connectivity index (χ3n) is 5.40. The van der Waals surface area contributed by atoms with E-state index < -0.39 is 22.3 Å². The highest BCUT2D eigenvalue weighted by molar-refractivity contribution is 5.59. The van der Waals surface area contributed by atoms with Gasteiger partial charge in [-0.3, -0.25) is 4.57 Å². The Morgan fingerprint density at radius 3 is 2.60 bits per heavy atom. The Morgan fingerprint density at radius 2 is 1.91 bits per heavy atom. The molecule has 0 radical (unpaired) electrons. The van der Waals surface area contributed by atoms with E-state index in [1.54, 1.807) is 42.0 Å². The summed E-state index contributed by atoms with van der Waals surface area (Å²) < 4.78 is 53.3. The van der Waals surface area contributed by atoms with Crippen LogP contribution in [0.4, 0.5) is 19.0 Å². The molecule has 4 aromatic rings. The molecule has 0 N–H and O–H groups in total. The molecule has 2 aromatic heterocycles. The zero-order valence-corrected chi connectivity index (χ0v) is 18.1. The van der Waals surface area contributed by atoms with Crippen molar-refractivity contribution >= 4 is 5.82 Å². The summed E-state index contributed by atoms with van der Waals surface area (Å²) in [4.78, 5) is 14.2. The van der Waals surface area contributed by atoms with Crippen LogP contribution in [0.1, 0.15) is 12.5 Å². The van der Waals surface area contributed by atoms with Crippen molar-refractivity contribution in [3.63, 3.8) is 0 Å². The summed E-state index contributed by atoms with van der Waals surface area (Å²) in [7, 11) is 0. The highest BCUT2D eigenvalue weighted by Gasteiger charge is 2.41. The van der Waals surface area contributed by atoms with Gasteiger partial charge in [0.2, 0.25) is 0 Å². The number of nitrogens with zero attached hydrogens (tertiary/aromatic N) is 6. The van der Waals surface area contributed by atoms with Crippen molar-refractivity contribution in [3.8, 4) is 28.7 Å². The lowest BCUT2D eigenvalue weighted by atomic mass is 10.1. The number of hydrogen-bond donors (Lipinski definition) is 0. The number of imidazole rings is 1. The number of rotatable bonds is 6. The molecule has 2 aromatic carbocycles. The molecular weight excluding hydrogens is 469 g/mol. The summed E-state index contributed by atoms with van der Waals surface area (Å²) >= 11 is 0. The van der Waals surface area contributed by atoms with Gasteiger partial charge in [-0.25, -0.2) is 4.68 Å². The van der Waals surface area contributed by atoms with Gasteiger partial charge in [-0.05, 0) is 36.1 Å². The number of halogens is 3. The molecule has 13 heteroatoms. The predicted molar refractivity (Wildman–Crippen MR) is 115 cm³/mol. The lowest BCUT2D eigenvalue weighted by Gasteiger charge is -2.22. The van der Waals surface area contributed by atoms with Gasteiger partial charge in [0.1, 0.15) is 29.9 Å². The van der Waals surface area contributed by atoms with Crippen LogP contribution in [0.3, 0.4) is 0 Å². The Bertz CT molecular complexity index is 1370. The van der Waals surface area contributed by atoms with E-state index >= 15 is 0 Å². The van der Waals surface area contributed by atoms with Crippen molar-refractivity contribution in [2.24, 2.45) is 0 Å². The van der Waals surface area contributed by atoms with Crippen molar-refractivity contribution in [3.05, 3.63) is 76.6 Å². The molecule has 1 aliphatic heterocycles. The van der Waals surface area contributed by atoms with Crippen LogP contribution in [-0.4, -0.2) is 41.7 Å². The SMILES string of the molecule is C[C@]1(COc2ccccc2-n2cc(-c3ccc(C(F)(F)F)cc3)nn2)Cn2cc([N+](=O)[O-])nc2O1. The van der Waals surface area contributed by atoms with Gasteiger partial charge in [-0.1, -0.05) is 29.5 Å². The van der Waals surface area contributed by atoms with E-state index in [1.807, 2.05) is 0 Å². The van der Waals surface area contributed by atoms with Gasteiger partial charge in [-0.2, -0.15) is 13.2 Å². The number of ether oxygens (including phenoxy) is 2. The number of aromatic nitrogens is 5. The average molecular weight is 486 g/mol. The Hall–Kier alpha value is -4.42. The Labute approximate surface area is 195 Å². The highest BCUT2D eigenvalue weighted by atomic mass is 19.4. The lowest BCUT2D eigenvalue weighted by Crippen LogP contribution is -2.38. The van der Waals surface area contributed by atoms with Crippen molar-refractivity contribution in [1.29, 1.82) is 0 Å². The Kier molecular flexibility index (Phi) is 5.19. The van der Waals surface area contributed by atoms with Crippen LogP contribution in [-0.2, 0) is 12.7 Å². The van der Waals surface area contributed by atoms with E-state index in [-0.39, 0.29) is 18.4 Å². The number of nitro groups is 1. The van der Waals surface area contributed by atoms with Crippen LogP contribution in [0.2, 0.25) is 0 Å². The second-order valence-corrected chi connectivity index (χ2v) is 8.20. The molecule has 10 nitrogen and oxygen atoms in total. The van der Waals surface area contributed by atoms with Gasteiger partial charge < -0.3 is 19.6 Å². The van der Waals surface area contributed by atoms with E-state index in [2.05, 4.69) is 15.3 Å². The Morgan fingerprint density at radius 1 is 1.17 bits per heavy atom. The summed E-state index contributed by atoms with van der Waals surface area (Å²) in [5.74, 6) is 0.181. The third kappa shape index (κ3) is 4.39. The molecule has 0 fully saturated rings. The first-order valence-electron chi connectivity index (χ1n) is 10.3. The first kappa shape index (κ1) is 22.4.